The minimum absolute atomic E-state index is 0. The van der Waals surface area contributed by atoms with Crippen molar-refractivity contribution in [1.82, 2.24) is 4.90 Å². The summed E-state index contributed by atoms with van der Waals surface area (Å²) in [7, 11) is 0. The van der Waals surface area contributed by atoms with E-state index in [1.54, 1.807) is 0 Å². The predicted octanol–water partition coefficient (Wildman–Crippen LogP) is 1.08. The zero-order valence-electron chi connectivity index (χ0n) is 9.24. The Morgan fingerprint density at radius 3 is 2.67 bits per heavy atom. The predicted molar refractivity (Wildman–Crippen MR) is 60.4 cm³/mol. The number of ether oxygens (including phenoxy) is 2. The Balaban J connectivity index is 0.00000196. The average molecular weight is 238 g/mol. The van der Waals surface area contributed by atoms with Crippen LogP contribution in [0.5, 0.6) is 0 Å². The summed E-state index contributed by atoms with van der Waals surface area (Å²) in [5.41, 5.74) is 0. The second-order valence-corrected chi connectivity index (χ2v) is 3.42. The van der Waals surface area contributed by atoms with E-state index in [-0.39, 0.29) is 18.4 Å². The summed E-state index contributed by atoms with van der Waals surface area (Å²) in [6, 6.07) is 0. The van der Waals surface area contributed by atoms with E-state index in [9.17, 15) is 4.79 Å². The molecule has 1 saturated heterocycles. The van der Waals surface area contributed by atoms with Crippen molar-refractivity contribution in [3.8, 4) is 0 Å². The van der Waals surface area contributed by atoms with Gasteiger partial charge in [0.15, 0.2) is 0 Å². The molecule has 0 radical (unpaired) electrons. The van der Waals surface area contributed by atoms with Gasteiger partial charge in [0.1, 0.15) is 6.61 Å². The van der Waals surface area contributed by atoms with Gasteiger partial charge < -0.3 is 9.47 Å². The Hall–Kier alpha value is -0.320. The third-order valence-corrected chi connectivity index (χ3v) is 2.23. The number of carbonyl (C=O) groups is 1. The van der Waals surface area contributed by atoms with Crippen molar-refractivity contribution < 1.29 is 14.3 Å². The van der Waals surface area contributed by atoms with Crippen LogP contribution in [0.3, 0.4) is 0 Å². The second-order valence-electron chi connectivity index (χ2n) is 3.42. The van der Waals surface area contributed by atoms with Crippen molar-refractivity contribution >= 4 is 18.4 Å². The minimum atomic E-state index is -0.0826. The molecule has 1 heterocycles. The first-order chi connectivity index (χ1) is 6.83. The third kappa shape index (κ3) is 6.71. The maximum atomic E-state index is 11.0. The fraction of sp³-hybridized carbons (Fsp3) is 0.900. The van der Waals surface area contributed by atoms with Crippen LogP contribution in [0.2, 0.25) is 0 Å². The molecular formula is C10H20ClNO3. The molecule has 0 N–H and O–H groups in total. The van der Waals surface area contributed by atoms with Crippen LogP contribution < -0.4 is 0 Å². The molecule has 90 valence electrons. The minimum Gasteiger partial charge on any atom is -0.464 e. The highest BCUT2D eigenvalue weighted by Crippen LogP contribution is 1.97. The highest BCUT2D eigenvalue weighted by atomic mass is 35.5. The molecule has 5 heteroatoms. The Morgan fingerprint density at radius 1 is 1.40 bits per heavy atom. The molecule has 0 aromatic heterocycles. The van der Waals surface area contributed by atoms with Gasteiger partial charge in [-0.3, -0.25) is 9.69 Å². The molecule has 1 aliphatic rings. The zero-order chi connectivity index (χ0) is 10.2. The molecule has 0 unspecified atom stereocenters. The molecule has 0 aliphatic carbocycles. The molecule has 15 heavy (non-hydrogen) atoms. The zero-order valence-corrected chi connectivity index (χ0v) is 10.1. The Kier molecular flexibility index (Phi) is 8.76. The average Bonchev–Trinajstić information content (AvgIpc) is 2.20. The summed E-state index contributed by atoms with van der Waals surface area (Å²) in [5, 5.41) is 0. The van der Waals surface area contributed by atoms with Gasteiger partial charge in [-0.1, -0.05) is 6.92 Å². The molecule has 0 spiro atoms. The van der Waals surface area contributed by atoms with E-state index in [1.165, 1.54) is 0 Å². The molecule has 1 aliphatic heterocycles. The smallest absolute Gasteiger partial charge is 0.305 e. The Labute approximate surface area is 97.3 Å². The number of rotatable bonds is 5. The largest absolute Gasteiger partial charge is 0.464 e. The summed E-state index contributed by atoms with van der Waals surface area (Å²) >= 11 is 0. The molecule has 0 bridgehead atoms. The lowest BCUT2D eigenvalue weighted by Gasteiger charge is -2.26. The summed E-state index contributed by atoms with van der Waals surface area (Å²) in [5.74, 6) is -0.0826. The van der Waals surface area contributed by atoms with E-state index in [1.807, 2.05) is 6.92 Å². The first kappa shape index (κ1) is 14.7. The highest BCUT2D eigenvalue weighted by Gasteiger charge is 2.10. The number of morpholine rings is 1. The quantitative estimate of drug-likeness (QED) is 0.671. The molecule has 4 nitrogen and oxygen atoms in total. The van der Waals surface area contributed by atoms with Crippen LogP contribution in [0.4, 0.5) is 0 Å². The van der Waals surface area contributed by atoms with Gasteiger partial charge in [-0.05, 0) is 6.42 Å². The third-order valence-electron chi connectivity index (χ3n) is 2.23. The lowest BCUT2D eigenvalue weighted by molar-refractivity contribution is -0.144. The summed E-state index contributed by atoms with van der Waals surface area (Å²) in [4.78, 5) is 13.3. The standard InChI is InChI=1S/C10H19NO3.ClH/c1-2-3-10(12)14-9-6-11-4-7-13-8-5-11;/h2-9H2,1H3;1H. The van der Waals surface area contributed by atoms with E-state index in [0.29, 0.717) is 13.0 Å². The van der Waals surface area contributed by atoms with Crippen molar-refractivity contribution in [3.05, 3.63) is 0 Å². The van der Waals surface area contributed by atoms with Crippen LogP contribution in [0.1, 0.15) is 19.8 Å². The normalized spacial score (nSPS) is 16.9. The molecule has 1 rings (SSSR count). The van der Waals surface area contributed by atoms with Gasteiger partial charge >= 0.3 is 5.97 Å². The van der Waals surface area contributed by atoms with Crippen molar-refractivity contribution in [1.29, 1.82) is 0 Å². The fourth-order valence-corrected chi connectivity index (χ4v) is 1.39. The van der Waals surface area contributed by atoms with Gasteiger partial charge in [-0.25, -0.2) is 0 Å². The van der Waals surface area contributed by atoms with Gasteiger partial charge in [0.05, 0.1) is 13.2 Å². The van der Waals surface area contributed by atoms with E-state index in [2.05, 4.69) is 4.90 Å². The van der Waals surface area contributed by atoms with E-state index in [0.717, 1.165) is 39.3 Å². The number of esters is 1. The summed E-state index contributed by atoms with van der Waals surface area (Å²) in [6.07, 6.45) is 1.39. The topological polar surface area (TPSA) is 38.8 Å². The Bertz CT molecular complexity index is 172. The maximum Gasteiger partial charge on any atom is 0.305 e. The number of hydrogen-bond donors (Lipinski definition) is 0. The van der Waals surface area contributed by atoms with Crippen LogP contribution in [-0.4, -0.2) is 50.3 Å². The molecule has 0 aromatic carbocycles. The van der Waals surface area contributed by atoms with Crippen molar-refractivity contribution in [2.45, 2.75) is 19.8 Å². The van der Waals surface area contributed by atoms with Crippen LogP contribution in [0.15, 0.2) is 0 Å². The molecule has 0 atom stereocenters. The van der Waals surface area contributed by atoms with Crippen LogP contribution >= 0.6 is 12.4 Å². The van der Waals surface area contributed by atoms with Crippen LogP contribution in [0, 0.1) is 0 Å². The monoisotopic (exact) mass is 237 g/mol. The fourth-order valence-electron chi connectivity index (χ4n) is 1.39. The lowest BCUT2D eigenvalue weighted by atomic mass is 10.3. The van der Waals surface area contributed by atoms with Gasteiger partial charge in [0.25, 0.3) is 0 Å². The molecule has 0 aromatic rings. The van der Waals surface area contributed by atoms with E-state index < -0.39 is 0 Å². The van der Waals surface area contributed by atoms with Gasteiger partial charge in [-0.2, -0.15) is 0 Å². The van der Waals surface area contributed by atoms with Crippen LogP contribution in [-0.2, 0) is 14.3 Å². The van der Waals surface area contributed by atoms with E-state index >= 15 is 0 Å². The van der Waals surface area contributed by atoms with Gasteiger partial charge in [0, 0.05) is 26.1 Å². The highest BCUT2D eigenvalue weighted by molar-refractivity contribution is 5.85. The Morgan fingerprint density at radius 2 is 2.07 bits per heavy atom. The molecular weight excluding hydrogens is 218 g/mol. The van der Waals surface area contributed by atoms with Crippen molar-refractivity contribution in [2.75, 3.05) is 39.5 Å². The molecule has 0 saturated carbocycles. The van der Waals surface area contributed by atoms with Gasteiger partial charge in [0.2, 0.25) is 0 Å². The lowest BCUT2D eigenvalue weighted by Crippen LogP contribution is -2.38. The SMILES string of the molecule is CCCC(=O)OCCN1CCOCC1.Cl. The summed E-state index contributed by atoms with van der Waals surface area (Å²) in [6.45, 7) is 6.81. The van der Waals surface area contributed by atoms with Crippen LogP contribution in [0.25, 0.3) is 0 Å². The number of carbonyl (C=O) groups excluding carboxylic acids is 1. The van der Waals surface area contributed by atoms with Crippen molar-refractivity contribution in [3.63, 3.8) is 0 Å². The van der Waals surface area contributed by atoms with Gasteiger partial charge in [-0.15, -0.1) is 12.4 Å². The molecule has 0 amide bonds. The second kappa shape index (κ2) is 8.95. The number of halogens is 1. The first-order valence-corrected chi connectivity index (χ1v) is 5.28. The first-order valence-electron chi connectivity index (χ1n) is 5.28. The number of nitrogens with zero attached hydrogens (tertiary/aromatic N) is 1. The maximum absolute atomic E-state index is 11.0. The number of hydrogen-bond acceptors (Lipinski definition) is 4. The summed E-state index contributed by atoms with van der Waals surface area (Å²) < 4.78 is 10.3. The van der Waals surface area contributed by atoms with Crippen molar-refractivity contribution in [2.24, 2.45) is 0 Å². The molecule has 1 fully saturated rings. The van der Waals surface area contributed by atoms with E-state index in [4.69, 9.17) is 9.47 Å².